The van der Waals surface area contributed by atoms with Crippen LogP contribution >= 0.6 is 0 Å². The fraction of sp³-hybridized carbons (Fsp3) is 0.857. The molecule has 0 fully saturated rings. The Kier molecular flexibility index (Phi) is 2.69. The molecule has 58 valence electrons. The van der Waals surface area contributed by atoms with Gasteiger partial charge in [0.05, 0.1) is 0 Å². The Labute approximate surface area is 60.8 Å². The van der Waals surface area contributed by atoms with Gasteiger partial charge in [0.1, 0.15) is 6.04 Å². The van der Waals surface area contributed by atoms with Crippen LogP contribution in [0.15, 0.2) is 5.18 Å². The average Bonchev–Trinajstić information content (AvgIpc) is 1.83. The highest BCUT2D eigenvalue weighted by molar-refractivity contribution is 5.88. The molecule has 3 heteroatoms. The van der Waals surface area contributed by atoms with Gasteiger partial charge in [0, 0.05) is 5.41 Å². The Morgan fingerprint density at radius 3 is 1.90 bits per heavy atom. The predicted octanol–water partition coefficient (Wildman–Crippen LogP) is 1.76. The van der Waals surface area contributed by atoms with Gasteiger partial charge >= 0.3 is 0 Å². The monoisotopic (exact) mass is 143 g/mol. The van der Waals surface area contributed by atoms with E-state index in [9.17, 15) is 9.70 Å². The van der Waals surface area contributed by atoms with Crippen LogP contribution in [-0.2, 0) is 4.79 Å². The lowest BCUT2D eigenvalue weighted by Gasteiger charge is -2.16. The van der Waals surface area contributed by atoms with Crippen molar-refractivity contribution in [1.82, 2.24) is 0 Å². The molecule has 0 aliphatic heterocycles. The molecule has 0 aromatic carbocycles. The first-order valence-electron chi connectivity index (χ1n) is 3.26. The van der Waals surface area contributed by atoms with E-state index in [-0.39, 0.29) is 5.78 Å². The molecule has 0 aromatic heterocycles. The maximum Gasteiger partial charge on any atom is 0.165 e. The summed E-state index contributed by atoms with van der Waals surface area (Å²) in [7, 11) is 0. The highest BCUT2D eigenvalue weighted by atomic mass is 16.3. The maximum atomic E-state index is 11.1. The van der Waals surface area contributed by atoms with Gasteiger partial charge in [0.15, 0.2) is 5.78 Å². The lowest BCUT2D eigenvalue weighted by Crippen LogP contribution is -2.28. The summed E-state index contributed by atoms with van der Waals surface area (Å²) >= 11 is 0. The fourth-order valence-electron chi connectivity index (χ4n) is 0.675. The number of ketones is 1. The van der Waals surface area contributed by atoms with Crippen molar-refractivity contribution in [1.29, 1.82) is 0 Å². The largest absolute Gasteiger partial charge is 0.297 e. The number of rotatable bonds is 2. The summed E-state index contributed by atoms with van der Waals surface area (Å²) in [4.78, 5) is 21.0. The third-order valence-electron chi connectivity index (χ3n) is 1.28. The SMILES string of the molecule is CC(N=O)C(=O)C(C)(C)C. The number of hydrogen-bond acceptors (Lipinski definition) is 3. The van der Waals surface area contributed by atoms with Crippen molar-refractivity contribution < 1.29 is 4.79 Å². The van der Waals surface area contributed by atoms with E-state index in [0.717, 1.165) is 0 Å². The molecule has 1 unspecified atom stereocenters. The van der Waals surface area contributed by atoms with Crippen molar-refractivity contribution in [3.8, 4) is 0 Å². The summed E-state index contributed by atoms with van der Waals surface area (Å²) in [5.41, 5.74) is -0.451. The lowest BCUT2D eigenvalue weighted by atomic mass is 9.87. The Morgan fingerprint density at radius 2 is 1.80 bits per heavy atom. The average molecular weight is 143 g/mol. The van der Waals surface area contributed by atoms with Gasteiger partial charge in [-0.15, -0.1) is 0 Å². The molecule has 0 radical (unpaired) electrons. The van der Waals surface area contributed by atoms with E-state index in [1.54, 1.807) is 20.8 Å². The van der Waals surface area contributed by atoms with E-state index in [1.165, 1.54) is 6.92 Å². The van der Waals surface area contributed by atoms with Gasteiger partial charge in [-0.25, -0.2) is 0 Å². The van der Waals surface area contributed by atoms with Crippen LogP contribution in [0.3, 0.4) is 0 Å². The molecule has 0 amide bonds. The van der Waals surface area contributed by atoms with E-state index in [4.69, 9.17) is 0 Å². The molecule has 0 spiro atoms. The predicted molar refractivity (Wildman–Crippen MR) is 39.7 cm³/mol. The first-order valence-corrected chi connectivity index (χ1v) is 3.26. The summed E-state index contributed by atoms with van der Waals surface area (Å²) in [5, 5.41) is 2.66. The van der Waals surface area contributed by atoms with E-state index in [0.29, 0.717) is 0 Å². The standard InChI is InChI=1S/C7H13NO2/c1-5(8-10)6(9)7(2,3)4/h5H,1-4H3. The first-order chi connectivity index (χ1) is 4.39. The van der Waals surface area contributed by atoms with Gasteiger partial charge in [-0.05, 0) is 6.92 Å². The number of Topliss-reactive ketones (excluding diaryl/α,β-unsaturated/α-hetero) is 1. The van der Waals surface area contributed by atoms with Crippen molar-refractivity contribution >= 4 is 5.78 Å². The molecule has 0 aliphatic carbocycles. The van der Waals surface area contributed by atoms with Crippen LogP contribution in [0.25, 0.3) is 0 Å². The Morgan fingerprint density at radius 1 is 1.40 bits per heavy atom. The topological polar surface area (TPSA) is 46.5 Å². The third-order valence-corrected chi connectivity index (χ3v) is 1.28. The van der Waals surface area contributed by atoms with Gasteiger partial charge in [0.25, 0.3) is 0 Å². The van der Waals surface area contributed by atoms with Crippen LogP contribution in [-0.4, -0.2) is 11.8 Å². The smallest absolute Gasteiger partial charge is 0.165 e. The molecule has 0 heterocycles. The highest BCUT2D eigenvalue weighted by Crippen LogP contribution is 2.17. The molecule has 0 rings (SSSR count). The molecule has 0 bridgehead atoms. The number of carbonyl (C=O) groups is 1. The van der Waals surface area contributed by atoms with Crippen molar-refractivity contribution in [2.45, 2.75) is 33.7 Å². The van der Waals surface area contributed by atoms with Crippen molar-refractivity contribution in [2.75, 3.05) is 0 Å². The van der Waals surface area contributed by atoms with E-state index < -0.39 is 11.5 Å². The third kappa shape index (κ3) is 2.25. The molecule has 10 heavy (non-hydrogen) atoms. The molecule has 0 aromatic rings. The van der Waals surface area contributed by atoms with Gasteiger partial charge in [0.2, 0.25) is 0 Å². The summed E-state index contributed by atoms with van der Waals surface area (Å²) in [6.07, 6.45) is 0. The number of nitrogens with zero attached hydrogens (tertiary/aromatic N) is 1. The van der Waals surface area contributed by atoms with Crippen molar-refractivity contribution in [3.05, 3.63) is 4.91 Å². The minimum absolute atomic E-state index is 0.109. The second-order valence-corrected chi connectivity index (χ2v) is 3.40. The van der Waals surface area contributed by atoms with Crippen LogP contribution in [0.5, 0.6) is 0 Å². The minimum Gasteiger partial charge on any atom is -0.297 e. The summed E-state index contributed by atoms with van der Waals surface area (Å²) in [6.45, 7) is 6.84. The Hall–Kier alpha value is -0.730. The normalized spacial score (nSPS) is 14.4. The first kappa shape index (κ1) is 9.27. The van der Waals surface area contributed by atoms with Crippen molar-refractivity contribution in [2.24, 2.45) is 10.6 Å². The van der Waals surface area contributed by atoms with Gasteiger partial charge in [-0.1, -0.05) is 25.9 Å². The zero-order valence-corrected chi connectivity index (χ0v) is 6.84. The number of carbonyl (C=O) groups excluding carboxylic acids is 1. The molecule has 0 aliphatic rings. The molecular formula is C7H13NO2. The van der Waals surface area contributed by atoms with Gasteiger partial charge in [-0.3, -0.25) is 4.79 Å². The second kappa shape index (κ2) is 2.90. The number of hydrogen-bond donors (Lipinski definition) is 0. The quantitative estimate of drug-likeness (QED) is 0.553. The van der Waals surface area contributed by atoms with Crippen LogP contribution in [0.2, 0.25) is 0 Å². The molecule has 3 nitrogen and oxygen atoms in total. The fourth-order valence-corrected chi connectivity index (χ4v) is 0.675. The Bertz CT molecular complexity index is 146. The molecular weight excluding hydrogens is 130 g/mol. The van der Waals surface area contributed by atoms with Crippen molar-refractivity contribution in [3.63, 3.8) is 0 Å². The van der Waals surface area contributed by atoms with Crippen LogP contribution in [0.4, 0.5) is 0 Å². The van der Waals surface area contributed by atoms with E-state index >= 15 is 0 Å². The second-order valence-electron chi connectivity index (χ2n) is 3.40. The summed E-state index contributed by atoms with van der Waals surface area (Å²) in [6, 6.07) is -0.708. The van der Waals surface area contributed by atoms with Gasteiger partial charge in [-0.2, -0.15) is 4.91 Å². The molecule has 0 saturated heterocycles. The lowest BCUT2D eigenvalue weighted by molar-refractivity contribution is -0.127. The van der Waals surface area contributed by atoms with Crippen LogP contribution in [0.1, 0.15) is 27.7 Å². The highest BCUT2D eigenvalue weighted by Gasteiger charge is 2.26. The van der Waals surface area contributed by atoms with E-state index in [1.807, 2.05) is 0 Å². The van der Waals surface area contributed by atoms with Gasteiger partial charge < -0.3 is 0 Å². The van der Waals surface area contributed by atoms with E-state index in [2.05, 4.69) is 5.18 Å². The maximum absolute atomic E-state index is 11.1. The van der Waals surface area contributed by atoms with Crippen LogP contribution < -0.4 is 0 Å². The molecule has 0 N–H and O–H groups in total. The zero-order valence-electron chi connectivity index (χ0n) is 6.84. The Balaban J connectivity index is 4.22. The number of nitroso groups, excluding NO2 is 1. The summed E-state index contributed by atoms with van der Waals surface area (Å²) in [5.74, 6) is -0.109. The minimum atomic E-state index is -0.708. The van der Waals surface area contributed by atoms with Crippen LogP contribution in [0, 0.1) is 10.3 Å². The summed E-state index contributed by atoms with van der Waals surface area (Å²) < 4.78 is 0. The molecule has 0 saturated carbocycles. The zero-order chi connectivity index (χ0) is 8.36. The molecule has 1 atom stereocenters.